The molecule has 0 N–H and O–H groups in total. The molecule has 0 rings (SSSR count). The average Bonchev–Trinajstić information content (AvgIpc) is 2.82. The monoisotopic (exact) mass is 486 g/mol. The van der Waals surface area contributed by atoms with Crippen molar-refractivity contribution in [3.8, 4) is 0 Å². The van der Waals surface area contributed by atoms with E-state index in [4.69, 9.17) is 9.47 Å². The topological polar surface area (TPSA) is 158 Å². The van der Waals surface area contributed by atoms with Crippen molar-refractivity contribution < 1.29 is 57.2 Å². The highest BCUT2D eigenvalue weighted by atomic mass is 16.6. The zero-order valence-electron chi connectivity index (χ0n) is 19.9. The average molecular weight is 486 g/mol. The van der Waals surface area contributed by atoms with Gasteiger partial charge in [0.05, 0.1) is 59.7 Å². The molecule has 0 aliphatic carbocycles. The van der Waals surface area contributed by atoms with Gasteiger partial charge in [-0.2, -0.15) is 0 Å². The Balaban J connectivity index is 4.78. The summed E-state index contributed by atoms with van der Waals surface area (Å²) >= 11 is 0. The molecule has 0 aliphatic heterocycles. The third-order valence-corrected chi connectivity index (χ3v) is 4.57. The van der Waals surface area contributed by atoms with Crippen LogP contribution in [0.5, 0.6) is 0 Å². The normalized spacial score (nSPS) is 12.7. The van der Waals surface area contributed by atoms with Crippen LogP contribution in [0.4, 0.5) is 0 Å². The second-order valence-electron chi connectivity index (χ2n) is 6.90. The maximum atomic E-state index is 12.2. The highest BCUT2D eigenvalue weighted by Gasteiger charge is 2.32. The van der Waals surface area contributed by atoms with Crippen LogP contribution in [0.1, 0.15) is 26.2 Å². The van der Waals surface area contributed by atoms with Crippen LogP contribution in [-0.4, -0.2) is 77.0 Å². The highest BCUT2D eigenvalue weighted by molar-refractivity contribution is 5.97. The molecule has 0 saturated heterocycles. The molecule has 34 heavy (non-hydrogen) atoms. The van der Waals surface area contributed by atoms with Crippen LogP contribution in [0.3, 0.4) is 0 Å². The van der Waals surface area contributed by atoms with Gasteiger partial charge in [-0.05, 0) is 6.92 Å². The Morgan fingerprint density at radius 3 is 1.47 bits per heavy atom. The van der Waals surface area contributed by atoms with Gasteiger partial charge in [-0.25, -0.2) is 9.59 Å². The molecule has 0 fully saturated rings. The van der Waals surface area contributed by atoms with E-state index in [-0.39, 0.29) is 24.2 Å². The van der Waals surface area contributed by atoms with Crippen LogP contribution in [0.15, 0.2) is 24.3 Å². The number of rotatable bonds is 14. The number of carbonyl (C=O) groups excluding carboxylic acids is 6. The first-order valence-electron chi connectivity index (χ1n) is 9.98. The fraction of sp³-hybridized carbons (Fsp3) is 0.545. The van der Waals surface area contributed by atoms with Gasteiger partial charge in [-0.15, -0.1) is 0 Å². The van der Waals surface area contributed by atoms with Gasteiger partial charge >= 0.3 is 35.8 Å². The van der Waals surface area contributed by atoms with Gasteiger partial charge in [0, 0.05) is 17.6 Å². The molecule has 0 bridgehead atoms. The van der Waals surface area contributed by atoms with E-state index in [0.717, 1.165) is 28.4 Å². The smallest absolute Gasteiger partial charge is 0.334 e. The van der Waals surface area contributed by atoms with Gasteiger partial charge in [-0.1, -0.05) is 13.2 Å². The van der Waals surface area contributed by atoms with Crippen LogP contribution in [-0.2, 0) is 57.2 Å². The summed E-state index contributed by atoms with van der Waals surface area (Å²) in [4.78, 5) is 71.2. The predicted molar refractivity (Wildman–Crippen MR) is 114 cm³/mol. The molecule has 0 radical (unpaired) electrons. The summed E-state index contributed by atoms with van der Waals surface area (Å²) in [5.41, 5.74) is -0.524. The summed E-state index contributed by atoms with van der Waals surface area (Å²) in [5.74, 6) is -7.66. The Morgan fingerprint density at radius 1 is 0.676 bits per heavy atom. The van der Waals surface area contributed by atoms with Gasteiger partial charge in [-0.3, -0.25) is 19.2 Å². The van der Waals surface area contributed by atoms with E-state index in [1.54, 1.807) is 0 Å². The number of carbonyl (C=O) groups is 6. The van der Waals surface area contributed by atoms with Crippen molar-refractivity contribution >= 4 is 35.8 Å². The summed E-state index contributed by atoms with van der Waals surface area (Å²) in [6, 6.07) is 0. The molecule has 0 aromatic heterocycles. The van der Waals surface area contributed by atoms with Gasteiger partial charge in [0.2, 0.25) is 0 Å². The predicted octanol–water partition coefficient (Wildman–Crippen LogP) is 0.668. The van der Waals surface area contributed by atoms with E-state index in [1.807, 2.05) is 0 Å². The Bertz CT molecular complexity index is 813. The Morgan fingerprint density at radius 2 is 1.09 bits per heavy atom. The molecule has 0 spiro atoms. The van der Waals surface area contributed by atoms with E-state index >= 15 is 0 Å². The van der Waals surface area contributed by atoms with Gasteiger partial charge < -0.3 is 28.4 Å². The first-order chi connectivity index (χ1) is 15.9. The summed E-state index contributed by atoms with van der Waals surface area (Å²) < 4.78 is 28.3. The first-order valence-corrected chi connectivity index (χ1v) is 9.98. The minimum atomic E-state index is -1.28. The molecular weight excluding hydrogens is 456 g/mol. The Labute approximate surface area is 197 Å². The van der Waals surface area contributed by atoms with Crippen LogP contribution in [0, 0.1) is 11.8 Å². The quantitative estimate of drug-likeness (QED) is 0.192. The highest BCUT2D eigenvalue weighted by Crippen LogP contribution is 2.20. The van der Waals surface area contributed by atoms with Crippen molar-refractivity contribution in [3.05, 3.63) is 24.3 Å². The molecule has 3 unspecified atom stereocenters. The lowest BCUT2D eigenvalue weighted by Crippen LogP contribution is -2.28. The van der Waals surface area contributed by atoms with Crippen molar-refractivity contribution in [1.29, 1.82) is 0 Å². The Hall–Kier alpha value is -3.70. The van der Waals surface area contributed by atoms with Crippen LogP contribution >= 0.6 is 0 Å². The summed E-state index contributed by atoms with van der Waals surface area (Å²) in [6.07, 6.45) is -1.67. The molecule has 3 atom stereocenters. The number of hydrogen-bond acceptors (Lipinski definition) is 12. The fourth-order valence-electron chi connectivity index (χ4n) is 2.59. The maximum absolute atomic E-state index is 12.2. The number of methoxy groups -OCH3 is 4. The molecule has 0 aromatic carbocycles. The van der Waals surface area contributed by atoms with E-state index in [1.165, 1.54) is 6.92 Å². The minimum absolute atomic E-state index is 0.0825. The van der Waals surface area contributed by atoms with E-state index < -0.39 is 66.6 Å². The molecule has 0 saturated carbocycles. The summed E-state index contributed by atoms with van der Waals surface area (Å²) in [6.45, 7) is 8.25. The lowest BCUT2D eigenvalue weighted by Gasteiger charge is -2.18. The zero-order valence-corrected chi connectivity index (χ0v) is 19.9. The molecule has 190 valence electrons. The van der Waals surface area contributed by atoms with Crippen molar-refractivity contribution in [2.24, 2.45) is 11.8 Å². The summed E-state index contributed by atoms with van der Waals surface area (Å²) in [7, 11) is 4.38. The van der Waals surface area contributed by atoms with Gasteiger partial charge in [0.15, 0.2) is 0 Å². The zero-order chi connectivity index (χ0) is 26.4. The fourth-order valence-corrected chi connectivity index (χ4v) is 2.59. The van der Waals surface area contributed by atoms with Gasteiger partial charge in [0.25, 0.3) is 0 Å². The number of ether oxygens (including phenoxy) is 6. The minimum Gasteiger partial charge on any atom is -0.469 e. The van der Waals surface area contributed by atoms with Crippen LogP contribution in [0.2, 0.25) is 0 Å². The van der Waals surface area contributed by atoms with Crippen LogP contribution in [0.25, 0.3) is 0 Å². The van der Waals surface area contributed by atoms with E-state index in [0.29, 0.717) is 0 Å². The standard InChI is InChI=1S/C22H30O12/c1-12(34-18(24)11-16(22(28)32-7)14(3)20(26)30-5)8-9-33-17(23)10-15(21(27)31-6)13(2)19(25)29-4/h12,15-16H,2-3,8-11H2,1,4-7H3. The number of esters is 6. The SMILES string of the molecule is C=C(C(=O)OC)C(CC(=O)OCCC(C)OC(=O)CC(C(=C)C(=O)OC)C(=O)OC)C(=O)OC. The molecule has 0 amide bonds. The van der Waals surface area contributed by atoms with Crippen molar-refractivity contribution in [2.45, 2.75) is 32.3 Å². The van der Waals surface area contributed by atoms with Crippen molar-refractivity contribution in [3.63, 3.8) is 0 Å². The van der Waals surface area contributed by atoms with E-state index in [2.05, 4.69) is 32.1 Å². The lowest BCUT2D eigenvalue weighted by molar-refractivity contribution is -0.157. The second-order valence-corrected chi connectivity index (χ2v) is 6.90. The number of hydrogen-bond donors (Lipinski definition) is 0. The third kappa shape index (κ3) is 9.84. The molecule has 0 aromatic rings. The van der Waals surface area contributed by atoms with Crippen molar-refractivity contribution in [2.75, 3.05) is 35.0 Å². The molecular formula is C22H30O12. The first kappa shape index (κ1) is 30.3. The molecule has 0 aliphatic rings. The maximum Gasteiger partial charge on any atom is 0.334 e. The van der Waals surface area contributed by atoms with Crippen LogP contribution < -0.4 is 0 Å². The molecule has 12 heteroatoms. The van der Waals surface area contributed by atoms with Gasteiger partial charge in [0.1, 0.15) is 6.10 Å². The molecule has 0 heterocycles. The van der Waals surface area contributed by atoms with Crippen molar-refractivity contribution in [1.82, 2.24) is 0 Å². The van der Waals surface area contributed by atoms with E-state index in [9.17, 15) is 28.8 Å². The summed E-state index contributed by atoms with van der Waals surface area (Å²) in [5, 5.41) is 0. The third-order valence-electron chi connectivity index (χ3n) is 4.57. The Kier molecular flexibility index (Phi) is 13.5. The largest absolute Gasteiger partial charge is 0.469 e. The molecule has 12 nitrogen and oxygen atoms in total. The second kappa shape index (κ2) is 15.2. The lowest BCUT2D eigenvalue weighted by atomic mass is 9.97.